The average Bonchev–Trinajstić information content (AvgIpc) is 3.09. The van der Waals surface area contributed by atoms with Crippen molar-refractivity contribution >= 4 is 39.2 Å². The maximum Gasteiger partial charge on any atom is 0.121 e. The smallest absolute Gasteiger partial charge is 0.121 e. The van der Waals surface area contributed by atoms with E-state index in [-0.39, 0.29) is 0 Å². The second-order valence-electron chi connectivity index (χ2n) is 6.14. The van der Waals surface area contributed by atoms with Crippen molar-refractivity contribution < 1.29 is 13.5 Å². The maximum absolute atomic E-state index is 11.2. The standard InChI is InChI=1S/C19H19N3O3S/c1-21(26(23)24)14-3-6-18-13(11-14)8-10-22(18)19-7-9-20-17-12-15(25-2)4-5-16(17)19/h3-7,9,11-12H,8,10H2,1-2H3,(H,23,24)/p-1. The van der Waals surface area contributed by atoms with E-state index < -0.39 is 11.3 Å². The number of hydrogen-bond acceptors (Lipinski definition) is 5. The summed E-state index contributed by atoms with van der Waals surface area (Å²) in [6.07, 6.45) is 2.67. The van der Waals surface area contributed by atoms with Crippen LogP contribution in [0.3, 0.4) is 0 Å². The van der Waals surface area contributed by atoms with E-state index in [0.717, 1.165) is 46.6 Å². The summed E-state index contributed by atoms with van der Waals surface area (Å²) in [7, 11) is 3.19. The van der Waals surface area contributed by atoms with Crippen molar-refractivity contribution in [2.75, 3.05) is 29.9 Å². The van der Waals surface area contributed by atoms with E-state index in [9.17, 15) is 8.76 Å². The molecule has 0 bridgehead atoms. The van der Waals surface area contributed by atoms with Gasteiger partial charge in [0.05, 0.1) is 18.3 Å². The molecule has 0 aliphatic carbocycles. The van der Waals surface area contributed by atoms with Gasteiger partial charge in [0.25, 0.3) is 0 Å². The normalized spacial score (nSPS) is 14.3. The van der Waals surface area contributed by atoms with Crippen LogP contribution in [0.15, 0.2) is 48.7 Å². The fourth-order valence-electron chi connectivity index (χ4n) is 3.40. The van der Waals surface area contributed by atoms with Gasteiger partial charge in [-0.05, 0) is 48.4 Å². The van der Waals surface area contributed by atoms with E-state index in [2.05, 4.69) is 9.88 Å². The SMILES string of the molecule is COc1ccc2c(N3CCc4cc(N(C)S(=O)[O-])ccc43)ccnc2c1. The topological polar surface area (TPSA) is 68.7 Å². The van der Waals surface area contributed by atoms with E-state index >= 15 is 0 Å². The fourth-order valence-corrected chi connectivity index (χ4v) is 3.68. The minimum atomic E-state index is -2.27. The molecular formula is C19H18N3O3S-. The number of anilines is 3. The van der Waals surface area contributed by atoms with Crippen LogP contribution >= 0.6 is 0 Å². The maximum atomic E-state index is 11.2. The molecule has 0 amide bonds. The molecule has 1 unspecified atom stereocenters. The van der Waals surface area contributed by atoms with E-state index in [4.69, 9.17) is 4.74 Å². The van der Waals surface area contributed by atoms with Crippen LogP contribution in [0.4, 0.5) is 17.1 Å². The van der Waals surface area contributed by atoms with Gasteiger partial charge in [-0.25, -0.2) is 0 Å². The van der Waals surface area contributed by atoms with Crippen LogP contribution in [-0.2, 0) is 17.7 Å². The monoisotopic (exact) mass is 368 g/mol. The molecule has 26 heavy (non-hydrogen) atoms. The Morgan fingerprint density at radius 3 is 2.81 bits per heavy atom. The molecule has 6 nitrogen and oxygen atoms in total. The molecule has 0 radical (unpaired) electrons. The van der Waals surface area contributed by atoms with Crippen LogP contribution in [0.5, 0.6) is 5.75 Å². The molecule has 0 saturated heterocycles. The van der Waals surface area contributed by atoms with Crippen molar-refractivity contribution in [2.45, 2.75) is 6.42 Å². The fraction of sp³-hybridized carbons (Fsp3) is 0.211. The minimum Gasteiger partial charge on any atom is -0.755 e. The molecule has 1 aromatic heterocycles. The van der Waals surface area contributed by atoms with Gasteiger partial charge in [0.15, 0.2) is 0 Å². The number of pyridine rings is 1. The van der Waals surface area contributed by atoms with E-state index in [1.807, 2.05) is 42.5 Å². The molecule has 0 spiro atoms. The molecule has 4 rings (SSSR count). The number of ether oxygens (including phenoxy) is 1. The summed E-state index contributed by atoms with van der Waals surface area (Å²) >= 11 is -2.27. The molecule has 1 atom stereocenters. The molecule has 0 saturated carbocycles. The van der Waals surface area contributed by atoms with Crippen LogP contribution < -0.4 is 13.9 Å². The molecule has 1 aliphatic heterocycles. The first kappa shape index (κ1) is 16.8. The molecule has 0 fully saturated rings. The summed E-state index contributed by atoms with van der Waals surface area (Å²) in [4.78, 5) is 6.71. The van der Waals surface area contributed by atoms with Crippen molar-refractivity contribution in [3.63, 3.8) is 0 Å². The van der Waals surface area contributed by atoms with E-state index in [1.54, 1.807) is 20.4 Å². The van der Waals surface area contributed by atoms with Crippen molar-refractivity contribution in [1.29, 1.82) is 0 Å². The Labute approximate surface area is 154 Å². The van der Waals surface area contributed by atoms with Gasteiger partial charge >= 0.3 is 0 Å². The lowest BCUT2D eigenvalue weighted by Crippen LogP contribution is -2.19. The lowest BCUT2D eigenvalue weighted by molar-refractivity contribution is 0.415. The number of hydrogen-bond donors (Lipinski definition) is 0. The Hall–Kier alpha value is -2.64. The Kier molecular flexibility index (Phi) is 4.26. The third-order valence-electron chi connectivity index (χ3n) is 4.76. The van der Waals surface area contributed by atoms with Crippen LogP contribution in [0, 0.1) is 0 Å². The van der Waals surface area contributed by atoms with Gasteiger partial charge in [0.1, 0.15) is 5.75 Å². The summed E-state index contributed by atoms with van der Waals surface area (Å²) in [5.41, 5.74) is 4.88. The molecule has 134 valence electrons. The quantitative estimate of drug-likeness (QED) is 0.662. The molecule has 0 N–H and O–H groups in total. The van der Waals surface area contributed by atoms with Gasteiger partial charge in [-0.3, -0.25) is 9.19 Å². The Bertz CT molecular complexity index is 1010. The zero-order valence-electron chi connectivity index (χ0n) is 14.5. The van der Waals surface area contributed by atoms with Gasteiger partial charge in [0, 0.05) is 53.9 Å². The summed E-state index contributed by atoms with van der Waals surface area (Å²) in [6.45, 7) is 0.841. The van der Waals surface area contributed by atoms with Crippen molar-refractivity contribution in [3.05, 3.63) is 54.2 Å². The second kappa shape index (κ2) is 6.59. The first-order chi connectivity index (χ1) is 12.6. The third-order valence-corrected chi connectivity index (χ3v) is 5.42. The van der Waals surface area contributed by atoms with Crippen molar-refractivity contribution in [3.8, 4) is 5.75 Å². The Morgan fingerprint density at radius 2 is 2.04 bits per heavy atom. The number of aromatic nitrogens is 1. The van der Waals surface area contributed by atoms with E-state index in [0.29, 0.717) is 5.69 Å². The van der Waals surface area contributed by atoms with Crippen LogP contribution in [0.2, 0.25) is 0 Å². The number of rotatable bonds is 4. The number of fused-ring (bicyclic) bond motifs is 2. The van der Waals surface area contributed by atoms with Crippen LogP contribution in [0.25, 0.3) is 10.9 Å². The summed E-state index contributed by atoms with van der Waals surface area (Å²) in [6, 6.07) is 13.7. The largest absolute Gasteiger partial charge is 0.755 e. The molecular weight excluding hydrogens is 350 g/mol. The van der Waals surface area contributed by atoms with Crippen molar-refractivity contribution in [1.82, 2.24) is 4.98 Å². The highest BCUT2D eigenvalue weighted by Gasteiger charge is 2.23. The highest BCUT2D eigenvalue weighted by atomic mass is 32.2. The third kappa shape index (κ3) is 2.79. The lowest BCUT2D eigenvalue weighted by Gasteiger charge is -2.24. The predicted octanol–water partition coefficient (Wildman–Crippen LogP) is 3.17. The molecule has 1 aliphatic rings. The zero-order chi connectivity index (χ0) is 18.3. The van der Waals surface area contributed by atoms with Gasteiger partial charge in [-0.1, -0.05) is 0 Å². The summed E-state index contributed by atoms with van der Waals surface area (Å²) < 4.78 is 28.9. The number of nitrogens with zero attached hydrogens (tertiary/aromatic N) is 3. The molecule has 2 aromatic carbocycles. The molecule has 7 heteroatoms. The minimum absolute atomic E-state index is 0.670. The van der Waals surface area contributed by atoms with Crippen molar-refractivity contribution in [2.24, 2.45) is 0 Å². The average molecular weight is 368 g/mol. The Balaban J connectivity index is 1.76. The highest BCUT2D eigenvalue weighted by Crippen LogP contribution is 2.39. The van der Waals surface area contributed by atoms with Gasteiger partial charge < -0.3 is 18.5 Å². The lowest BCUT2D eigenvalue weighted by atomic mass is 10.1. The summed E-state index contributed by atoms with van der Waals surface area (Å²) in [5.74, 6) is 0.780. The van der Waals surface area contributed by atoms with E-state index in [1.165, 1.54) is 4.31 Å². The first-order valence-corrected chi connectivity index (χ1v) is 9.28. The van der Waals surface area contributed by atoms with Crippen LogP contribution in [0.1, 0.15) is 5.56 Å². The van der Waals surface area contributed by atoms with Gasteiger partial charge in [0.2, 0.25) is 0 Å². The zero-order valence-corrected chi connectivity index (χ0v) is 15.3. The first-order valence-electron chi connectivity index (χ1n) is 8.25. The van der Waals surface area contributed by atoms with Gasteiger partial charge in [-0.15, -0.1) is 0 Å². The second-order valence-corrected chi connectivity index (χ2v) is 7.12. The van der Waals surface area contributed by atoms with Gasteiger partial charge in [-0.2, -0.15) is 0 Å². The summed E-state index contributed by atoms with van der Waals surface area (Å²) in [5, 5.41) is 1.06. The molecule has 2 heterocycles. The highest BCUT2D eigenvalue weighted by molar-refractivity contribution is 7.80. The number of benzene rings is 2. The number of methoxy groups -OCH3 is 1. The van der Waals surface area contributed by atoms with Crippen LogP contribution in [-0.4, -0.2) is 34.4 Å². The molecule has 3 aromatic rings. The predicted molar refractivity (Wildman–Crippen MR) is 103 cm³/mol. The Morgan fingerprint density at radius 1 is 1.19 bits per heavy atom.